The van der Waals surface area contributed by atoms with Crippen molar-refractivity contribution < 1.29 is 22.9 Å². The molecule has 142 valence electrons. The number of hydrogen-bond donors (Lipinski definition) is 2. The maximum atomic E-state index is 11.4. The van der Waals surface area contributed by atoms with Crippen molar-refractivity contribution in [2.75, 3.05) is 0 Å². The lowest BCUT2D eigenvalue weighted by molar-refractivity contribution is -0.137. The highest BCUT2D eigenvalue weighted by atomic mass is 32.2. The van der Waals surface area contributed by atoms with Crippen LogP contribution in [0.2, 0.25) is 0 Å². The fourth-order valence-electron chi connectivity index (χ4n) is 2.61. The molecule has 1 unspecified atom stereocenters. The maximum Gasteiger partial charge on any atom is 0.303 e. The highest BCUT2D eigenvalue weighted by Gasteiger charge is 2.18. The lowest BCUT2D eigenvalue weighted by Gasteiger charge is -2.09. The molecule has 0 aromatic carbocycles. The van der Waals surface area contributed by atoms with Crippen molar-refractivity contribution >= 4 is 16.1 Å². The fourth-order valence-corrected chi connectivity index (χ4v) is 3.38. The molecule has 0 aromatic rings. The molecule has 0 aromatic heterocycles. The third-order valence-electron chi connectivity index (χ3n) is 4.09. The Bertz CT molecular complexity index is 442. The van der Waals surface area contributed by atoms with Gasteiger partial charge in [-0.25, -0.2) is 0 Å². The van der Waals surface area contributed by atoms with Gasteiger partial charge in [0.05, 0.1) is 0 Å². The van der Waals surface area contributed by atoms with Gasteiger partial charge in [0, 0.05) is 6.42 Å². The van der Waals surface area contributed by atoms with E-state index in [0.29, 0.717) is 12.8 Å². The first-order chi connectivity index (χ1) is 11.4. The van der Waals surface area contributed by atoms with Crippen LogP contribution in [0.15, 0.2) is 12.2 Å². The maximum absolute atomic E-state index is 11.4. The number of rotatable bonds is 16. The molecule has 2 N–H and O–H groups in total. The van der Waals surface area contributed by atoms with Gasteiger partial charge >= 0.3 is 5.97 Å². The van der Waals surface area contributed by atoms with Crippen molar-refractivity contribution in [2.45, 2.75) is 95.6 Å². The van der Waals surface area contributed by atoms with Crippen molar-refractivity contribution in [1.29, 1.82) is 0 Å². The van der Waals surface area contributed by atoms with Crippen LogP contribution in [0, 0.1) is 0 Å². The van der Waals surface area contributed by atoms with E-state index in [1.165, 1.54) is 19.3 Å². The molecule has 6 heteroatoms. The summed E-state index contributed by atoms with van der Waals surface area (Å²) in [6.07, 6.45) is 14.8. The summed E-state index contributed by atoms with van der Waals surface area (Å²) in [5.74, 6) is -0.763. The minimum absolute atomic E-state index is 0.207. The van der Waals surface area contributed by atoms with Crippen molar-refractivity contribution in [3.63, 3.8) is 0 Å². The van der Waals surface area contributed by atoms with E-state index in [0.717, 1.165) is 44.9 Å². The molecule has 0 bridgehead atoms. The highest BCUT2D eigenvalue weighted by molar-refractivity contribution is 7.86. The Morgan fingerprint density at radius 3 is 2.17 bits per heavy atom. The molecule has 0 heterocycles. The fraction of sp³-hybridized carbons (Fsp3) is 0.833. The lowest BCUT2D eigenvalue weighted by atomic mass is 10.1. The minimum atomic E-state index is -4.03. The van der Waals surface area contributed by atoms with Gasteiger partial charge in [0.15, 0.2) is 0 Å². The van der Waals surface area contributed by atoms with Gasteiger partial charge in [-0.3, -0.25) is 9.35 Å². The summed E-state index contributed by atoms with van der Waals surface area (Å²) in [7, 11) is -4.03. The van der Waals surface area contributed by atoms with Crippen molar-refractivity contribution in [1.82, 2.24) is 0 Å². The smallest absolute Gasteiger partial charge is 0.303 e. The Hall–Kier alpha value is -0.880. The highest BCUT2D eigenvalue weighted by Crippen LogP contribution is 2.15. The Balaban J connectivity index is 3.92. The van der Waals surface area contributed by atoms with E-state index < -0.39 is 21.3 Å². The molecule has 0 radical (unpaired) electrons. The van der Waals surface area contributed by atoms with Crippen LogP contribution >= 0.6 is 0 Å². The number of hydrogen-bond acceptors (Lipinski definition) is 3. The van der Waals surface area contributed by atoms with E-state index in [2.05, 4.69) is 6.92 Å². The summed E-state index contributed by atoms with van der Waals surface area (Å²) >= 11 is 0. The normalized spacial score (nSPS) is 13.4. The molecule has 24 heavy (non-hydrogen) atoms. The van der Waals surface area contributed by atoms with Gasteiger partial charge in [-0.2, -0.15) is 8.42 Å². The molecule has 0 aliphatic heterocycles. The zero-order valence-corrected chi connectivity index (χ0v) is 15.8. The van der Waals surface area contributed by atoms with Gasteiger partial charge in [0.2, 0.25) is 0 Å². The topological polar surface area (TPSA) is 91.7 Å². The number of aliphatic carboxylic acids is 1. The quantitative estimate of drug-likeness (QED) is 0.230. The summed E-state index contributed by atoms with van der Waals surface area (Å²) < 4.78 is 32.1. The number of carbonyl (C=O) groups is 1. The van der Waals surface area contributed by atoms with Crippen LogP contribution in [-0.4, -0.2) is 29.3 Å². The molecule has 0 rings (SSSR count). The predicted octanol–water partition coefficient (Wildman–Crippen LogP) is 4.97. The average Bonchev–Trinajstić information content (AvgIpc) is 2.49. The van der Waals surface area contributed by atoms with Crippen LogP contribution in [0.1, 0.15) is 90.4 Å². The molecule has 0 aliphatic carbocycles. The van der Waals surface area contributed by atoms with Gasteiger partial charge in [-0.1, -0.05) is 70.4 Å². The van der Waals surface area contributed by atoms with E-state index >= 15 is 0 Å². The molecule has 0 saturated carbocycles. The van der Waals surface area contributed by atoms with E-state index in [1.807, 2.05) is 6.08 Å². The molecule has 1 atom stereocenters. The molecular weight excluding hydrogens is 328 g/mol. The monoisotopic (exact) mass is 362 g/mol. The van der Waals surface area contributed by atoms with E-state index in [-0.39, 0.29) is 6.42 Å². The first-order valence-electron chi connectivity index (χ1n) is 9.22. The van der Waals surface area contributed by atoms with Gasteiger partial charge in [0.1, 0.15) is 5.25 Å². The summed E-state index contributed by atoms with van der Waals surface area (Å²) in [4.78, 5) is 10.4. The first kappa shape index (κ1) is 23.1. The minimum Gasteiger partial charge on any atom is -0.481 e. The van der Waals surface area contributed by atoms with Crippen LogP contribution in [-0.2, 0) is 14.9 Å². The van der Waals surface area contributed by atoms with E-state index in [9.17, 15) is 17.8 Å². The first-order valence-corrected chi connectivity index (χ1v) is 10.7. The van der Waals surface area contributed by atoms with Crippen LogP contribution in [0.5, 0.6) is 0 Å². The van der Waals surface area contributed by atoms with Gasteiger partial charge < -0.3 is 5.11 Å². The summed E-state index contributed by atoms with van der Waals surface area (Å²) in [5, 5.41) is 7.74. The van der Waals surface area contributed by atoms with Gasteiger partial charge in [-0.05, 0) is 25.7 Å². The Labute approximate surface area is 147 Å². The van der Waals surface area contributed by atoms with Crippen LogP contribution < -0.4 is 0 Å². The second-order valence-corrected chi connectivity index (χ2v) is 8.02. The van der Waals surface area contributed by atoms with Crippen molar-refractivity contribution in [3.05, 3.63) is 12.2 Å². The van der Waals surface area contributed by atoms with Crippen LogP contribution in [0.3, 0.4) is 0 Å². The summed E-state index contributed by atoms with van der Waals surface area (Å²) in [6.45, 7) is 2.16. The summed E-state index contributed by atoms with van der Waals surface area (Å²) in [6, 6.07) is 0. The zero-order valence-electron chi connectivity index (χ0n) is 15.0. The predicted molar refractivity (Wildman–Crippen MR) is 97.8 cm³/mol. The van der Waals surface area contributed by atoms with Gasteiger partial charge in [-0.15, -0.1) is 0 Å². The molecular formula is C18H34O5S. The van der Waals surface area contributed by atoms with Gasteiger partial charge in [0.25, 0.3) is 10.1 Å². The van der Waals surface area contributed by atoms with E-state index in [4.69, 9.17) is 5.11 Å². The lowest BCUT2D eigenvalue weighted by Crippen LogP contribution is -2.17. The van der Waals surface area contributed by atoms with E-state index in [1.54, 1.807) is 6.08 Å². The second kappa shape index (κ2) is 14.5. The number of carboxylic acids is 1. The number of carboxylic acid groups (broad SMARTS) is 1. The molecule has 0 spiro atoms. The second-order valence-electron chi connectivity index (χ2n) is 6.38. The molecule has 0 saturated heterocycles. The number of allylic oxidation sites excluding steroid dienone is 1. The Morgan fingerprint density at radius 1 is 0.958 bits per heavy atom. The average molecular weight is 363 g/mol. The molecule has 0 fully saturated rings. The molecule has 0 aliphatic rings. The van der Waals surface area contributed by atoms with Crippen molar-refractivity contribution in [3.8, 4) is 0 Å². The Kier molecular flexibility index (Phi) is 13.9. The third-order valence-corrected chi connectivity index (χ3v) is 5.24. The molecule has 5 nitrogen and oxygen atoms in total. The van der Waals surface area contributed by atoms with Crippen molar-refractivity contribution in [2.24, 2.45) is 0 Å². The largest absolute Gasteiger partial charge is 0.481 e. The standard InChI is InChI=1S/C18H34O5S/c1-2-3-4-5-8-11-14-17(24(21,22)23)15-12-9-6-7-10-13-16-18(19)20/h12,15,17H,2-11,13-14,16H2,1H3,(H,19,20)(H,21,22,23). The number of unbranched alkanes of at least 4 members (excludes halogenated alkanes) is 9. The SMILES string of the molecule is CCCCCCCCC(C=CCCCCCCC(=O)O)S(=O)(=O)O. The van der Waals surface area contributed by atoms with Crippen LogP contribution in [0.4, 0.5) is 0 Å². The van der Waals surface area contributed by atoms with Crippen LogP contribution in [0.25, 0.3) is 0 Å². The molecule has 0 amide bonds. The summed E-state index contributed by atoms with van der Waals surface area (Å²) in [5.41, 5.74) is 0. The Morgan fingerprint density at radius 2 is 1.54 bits per heavy atom. The zero-order chi connectivity index (χ0) is 18.3. The third kappa shape index (κ3) is 14.7.